The Morgan fingerprint density at radius 3 is 2.40 bits per heavy atom. The van der Waals surface area contributed by atoms with Gasteiger partial charge < -0.3 is 5.32 Å². The molecule has 2 aromatic heterocycles. The van der Waals surface area contributed by atoms with Gasteiger partial charge in [0.05, 0.1) is 16.8 Å². The first kappa shape index (κ1) is 15.2. The van der Waals surface area contributed by atoms with Crippen LogP contribution in [0.1, 0.15) is 5.69 Å². The topological polar surface area (TPSA) is 55.6 Å². The van der Waals surface area contributed by atoms with Gasteiger partial charge in [-0.25, -0.2) is 23.4 Å². The van der Waals surface area contributed by atoms with Crippen molar-refractivity contribution < 1.29 is 8.78 Å². The Kier molecular flexibility index (Phi) is 3.61. The standard InChI is InChI=1S/C18H13F2N5/c1-11-16-17(23-14-8-4-2-6-12(14)19)21-10-22-18(16)25(24-11)15-9-5-3-7-13(15)20/h2-10H,1H3,(H,21,22,23). The highest BCUT2D eigenvalue weighted by Gasteiger charge is 2.17. The van der Waals surface area contributed by atoms with Crippen molar-refractivity contribution in [1.82, 2.24) is 19.7 Å². The number of hydrogen-bond donors (Lipinski definition) is 1. The summed E-state index contributed by atoms with van der Waals surface area (Å²) in [6.45, 7) is 1.77. The van der Waals surface area contributed by atoms with Crippen molar-refractivity contribution in [2.24, 2.45) is 0 Å². The molecule has 5 nitrogen and oxygen atoms in total. The van der Waals surface area contributed by atoms with Crippen molar-refractivity contribution in [3.05, 3.63) is 72.2 Å². The van der Waals surface area contributed by atoms with Crippen molar-refractivity contribution in [2.75, 3.05) is 5.32 Å². The zero-order chi connectivity index (χ0) is 17.4. The predicted octanol–water partition coefficient (Wildman–Crippen LogP) is 4.15. The minimum atomic E-state index is -0.408. The van der Waals surface area contributed by atoms with E-state index >= 15 is 0 Å². The van der Waals surface area contributed by atoms with Gasteiger partial charge in [0.15, 0.2) is 5.65 Å². The van der Waals surface area contributed by atoms with Crippen LogP contribution in [0.5, 0.6) is 0 Å². The molecular weight excluding hydrogens is 324 g/mol. The van der Waals surface area contributed by atoms with Crippen LogP contribution >= 0.6 is 0 Å². The van der Waals surface area contributed by atoms with Crippen LogP contribution in [0.4, 0.5) is 20.3 Å². The first-order chi connectivity index (χ1) is 12.1. The fourth-order valence-electron chi connectivity index (χ4n) is 2.69. The highest BCUT2D eigenvalue weighted by Crippen LogP contribution is 2.28. The van der Waals surface area contributed by atoms with Gasteiger partial charge in [-0.15, -0.1) is 0 Å². The SMILES string of the molecule is Cc1nn(-c2ccccc2F)c2ncnc(Nc3ccccc3F)c12. The molecule has 1 N–H and O–H groups in total. The molecule has 124 valence electrons. The first-order valence-corrected chi connectivity index (χ1v) is 7.62. The molecule has 0 amide bonds. The van der Waals surface area contributed by atoms with Gasteiger partial charge in [-0.2, -0.15) is 5.10 Å². The number of nitrogens with zero attached hydrogens (tertiary/aromatic N) is 4. The molecule has 0 saturated heterocycles. The molecule has 0 aliphatic heterocycles. The smallest absolute Gasteiger partial charge is 0.168 e. The van der Waals surface area contributed by atoms with E-state index in [-0.39, 0.29) is 5.69 Å². The van der Waals surface area contributed by atoms with E-state index < -0.39 is 11.6 Å². The zero-order valence-corrected chi connectivity index (χ0v) is 13.2. The second-order valence-electron chi connectivity index (χ2n) is 5.47. The number of nitrogens with one attached hydrogen (secondary N) is 1. The summed E-state index contributed by atoms with van der Waals surface area (Å²) in [5.41, 5.74) is 1.63. The molecule has 0 fully saturated rings. The van der Waals surface area contributed by atoms with Crippen molar-refractivity contribution in [3.63, 3.8) is 0 Å². The summed E-state index contributed by atoms with van der Waals surface area (Å²) >= 11 is 0. The lowest BCUT2D eigenvalue weighted by atomic mass is 10.2. The number of benzene rings is 2. The second-order valence-corrected chi connectivity index (χ2v) is 5.47. The molecule has 0 atom stereocenters. The van der Waals surface area contributed by atoms with Gasteiger partial charge >= 0.3 is 0 Å². The van der Waals surface area contributed by atoms with Gasteiger partial charge in [0.2, 0.25) is 0 Å². The van der Waals surface area contributed by atoms with Crippen LogP contribution in [0.15, 0.2) is 54.9 Å². The van der Waals surface area contributed by atoms with E-state index in [1.54, 1.807) is 43.3 Å². The van der Waals surface area contributed by atoms with Gasteiger partial charge in [0.1, 0.15) is 29.5 Å². The molecule has 0 unspecified atom stereocenters. The number of hydrogen-bond acceptors (Lipinski definition) is 4. The number of para-hydroxylation sites is 2. The average molecular weight is 337 g/mol. The number of rotatable bonds is 3. The Hall–Kier alpha value is -3.35. The molecular formula is C18H13F2N5. The molecule has 0 aliphatic rings. The Balaban J connectivity index is 1.89. The van der Waals surface area contributed by atoms with E-state index in [0.29, 0.717) is 28.2 Å². The first-order valence-electron chi connectivity index (χ1n) is 7.62. The Bertz CT molecular complexity index is 1070. The minimum absolute atomic E-state index is 0.288. The van der Waals surface area contributed by atoms with Crippen LogP contribution in [-0.2, 0) is 0 Å². The van der Waals surface area contributed by atoms with Crippen molar-refractivity contribution in [2.45, 2.75) is 6.92 Å². The summed E-state index contributed by atoms with van der Waals surface area (Å²) in [6, 6.07) is 12.6. The molecule has 2 heterocycles. The van der Waals surface area contributed by atoms with Gasteiger partial charge in [0, 0.05) is 0 Å². The van der Waals surface area contributed by atoms with E-state index in [9.17, 15) is 8.78 Å². The molecule has 0 spiro atoms. The average Bonchev–Trinajstić information content (AvgIpc) is 2.95. The fraction of sp³-hybridized carbons (Fsp3) is 0.0556. The van der Waals surface area contributed by atoms with Crippen LogP contribution in [0.3, 0.4) is 0 Å². The quantitative estimate of drug-likeness (QED) is 0.610. The van der Waals surface area contributed by atoms with Crippen LogP contribution in [0, 0.1) is 18.6 Å². The van der Waals surface area contributed by atoms with E-state index in [1.165, 1.54) is 23.1 Å². The molecule has 4 aromatic rings. The molecule has 0 aliphatic carbocycles. The third-order valence-corrected chi connectivity index (χ3v) is 3.85. The Morgan fingerprint density at radius 2 is 1.64 bits per heavy atom. The molecule has 4 rings (SSSR count). The normalized spacial score (nSPS) is 11.0. The lowest BCUT2D eigenvalue weighted by Crippen LogP contribution is -2.02. The molecule has 0 saturated carbocycles. The number of fused-ring (bicyclic) bond motifs is 1. The van der Waals surface area contributed by atoms with Crippen molar-refractivity contribution in [3.8, 4) is 5.69 Å². The minimum Gasteiger partial charge on any atom is -0.337 e. The van der Waals surface area contributed by atoms with Crippen LogP contribution in [0.25, 0.3) is 16.7 Å². The highest BCUT2D eigenvalue weighted by atomic mass is 19.1. The maximum absolute atomic E-state index is 14.1. The summed E-state index contributed by atoms with van der Waals surface area (Å²) in [4.78, 5) is 8.43. The number of aromatic nitrogens is 4. The lowest BCUT2D eigenvalue weighted by Gasteiger charge is -2.08. The summed E-state index contributed by atoms with van der Waals surface area (Å²) < 4.78 is 29.5. The summed E-state index contributed by atoms with van der Waals surface area (Å²) in [6.07, 6.45) is 1.34. The van der Waals surface area contributed by atoms with E-state index in [0.717, 1.165) is 0 Å². The number of anilines is 2. The molecule has 0 radical (unpaired) electrons. The predicted molar refractivity (Wildman–Crippen MR) is 91.0 cm³/mol. The van der Waals surface area contributed by atoms with Gasteiger partial charge in [0.25, 0.3) is 0 Å². The number of halogens is 2. The summed E-state index contributed by atoms with van der Waals surface area (Å²) in [5.74, 6) is -0.391. The third kappa shape index (κ3) is 2.59. The summed E-state index contributed by atoms with van der Waals surface area (Å²) in [5, 5.41) is 7.95. The maximum Gasteiger partial charge on any atom is 0.168 e. The summed E-state index contributed by atoms with van der Waals surface area (Å²) in [7, 11) is 0. The Morgan fingerprint density at radius 1 is 0.920 bits per heavy atom. The lowest BCUT2D eigenvalue weighted by molar-refractivity contribution is 0.612. The highest BCUT2D eigenvalue weighted by molar-refractivity contribution is 5.91. The van der Waals surface area contributed by atoms with Crippen LogP contribution in [-0.4, -0.2) is 19.7 Å². The maximum atomic E-state index is 14.1. The second kappa shape index (κ2) is 5.94. The van der Waals surface area contributed by atoms with Gasteiger partial charge in [-0.05, 0) is 31.2 Å². The fourth-order valence-corrected chi connectivity index (χ4v) is 2.69. The van der Waals surface area contributed by atoms with E-state index in [2.05, 4.69) is 20.4 Å². The monoisotopic (exact) mass is 337 g/mol. The molecule has 25 heavy (non-hydrogen) atoms. The van der Waals surface area contributed by atoms with Crippen molar-refractivity contribution >= 4 is 22.5 Å². The van der Waals surface area contributed by atoms with Crippen LogP contribution in [0.2, 0.25) is 0 Å². The van der Waals surface area contributed by atoms with E-state index in [4.69, 9.17) is 0 Å². The van der Waals surface area contributed by atoms with Gasteiger partial charge in [-0.3, -0.25) is 0 Å². The van der Waals surface area contributed by atoms with Gasteiger partial charge in [-0.1, -0.05) is 24.3 Å². The van der Waals surface area contributed by atoms with Crippen LogP contribution < -0.4 is 5.32 Å². The molecule has 0 bridgehead atoms. The largest absolute Gasteiger partial charge is 0.337 e. The van der Waals surface area contributed by atoms with E-state index in [1.807, 2.05) is 0 Å². The molecule has 7 heteroatoms. The zero-order valence-electron chi connectivity index (χ0n) is 13.2. The van der Waals surface area contributed by atoms with Crippen molar-refractivity contribution in [1.29, 1.82) is 0 Å². The Labute approximate surface area is 142 Å². The number of aryl methyl sites for hydroxylation is 1. The third-order valence-electron chi connectivity index (χ3n) is 3.85. The molecule has 2 aromatic carbocycles.